The third kappa shape index (κ3) is 4.30. The lowest BCUT2D eigenvalue weighted by Crippen LogP contribution is -2.27. The Labute approximate surface area is 173 Å². The second-order valence-corrected chi connectivity index (χ2v) is 8.58. The molecule has 0 N–H and O–H groups in total. The second-order valence-electron chi connectivity index (χ2n) is 5.80. The number of nitrogens with zero attached hydrogens (tertiary/aromatic N) is 1. The van der Waals surface area contributed by atoms with E-state index < -0.39 is 16.0 Å². The highest BCUT2D eigenvalue weighted by Crippen LogP contribution is 2.29. The van der Waals surface area contributed by atoms with Gasteiger partial charge in [-0.2, -0.15) is 0 Å². The fraction of sp³-hybridized carbons (Fsp3) is 0.0500. The van der Waals surface area contributed by atoms with Crippen molar-refractivity contribution >= 4 is 44.9 Å². The van der Waals surface area contributed by atoms with Gasteiger partial charge in [-0.05, 0) is 54.6 Å². The van der Waals surface area contributed by atoms with Gasteiger partial charge in [-0.1, -0.05) is 41.4 Å². The molecule has 8 heteroatoms. The van der Waals surface area contributed by atoms with Crippen molar-refractivity contribution in [2.45, 2.75) is 4.90 Å². The molecule has 3 rings (SSSR count). The van der Waals surface area contributed by atoms with Gasteiger partial charge in [0.1, 0.15) is 10.6 Å². The molecule has 0 saturated heterocycles. The summed E-state index contributed by atoms with van der Waals surface area (Å²) in [6.45, 7) is 0. The summed E-state index contributed by atoms with van der Waals surface area (Å²) >= 11 is 12.0. The van der Waals surface area contributed by atoms with E-state index in [4.69, 9.17) is 27.9 Å². The van der Waals surface area contributed by atoms with E-state index >= 15 is 0 Å². The van der Waals surface area contributed by atoms with Crippen LogP contribution in [0.15, 0.2) is 77.7 Å². The Balaban J connectivity index is 1.94. The maximum Gasteiger partial charge on any atom is 0.343 e. The van der Waals surface area contributed by atoms with Crippen LogP contribution in [0.5, 0.6) is 5.75 Å². The largest absolute Gasteiger partial charge is 0.423 e. The summed E-state index contributed by atoms with van der Waals surface area (Å²) in [5.41, 5.74) is 0.467. The molecule has 0 aliphatic heterocycles. The van der Waals surface area contributed by atoms with Crippen LogP contribution in [0.3, 0.4) is 0 Å². The van der Waals surface area contributed by atoms with Crippen LogP contribution in [-0.4, -0.2) is 21.4 Å². The minimum Gasteiger partial charge on any atom is -0.423 e. The molecule has 0 aliphatic rings. The summed E-state index contributed by atoms with van der Waals surface area (Å²) in [6.07, 6.45) is 0. The number of carbonyl (C=O) groups is 1. The van der Waals surface area contributed by atoms with Gasteiger partial charge in [0.25, 0.3) is 10.0 Å². The van der Waals surface area contributed by atoms with Crippen molar-refractivity contribution in [3.8, 4) is 5.75 Å². The molecule has 0 bridgehead atoms. The number of ether oxygens (including phenoxy) is 1. The van der Waals surface area contributed by atoms with E-state index in [1.807, 2.05) is 0 Å². The van der Waals surface area contributed by atoms with Gasteiger partial charge >= 0.3 is 5.97 Å². The first-order valence-electron chi connectivity index (χ1n) is 8.10. The lowest BCUT2D eigenvalue weighted by molar-refractivity contribution is 0.0734. The molecular weight excluding hydrogens is 421 g/mol. The normalized spacial score (nSPS) is 11.1. The first kappa shape index (κ1) is 20.2. The van der Waals surface area contributed by atoms with Crippen molar-refractivity contribution in [1.29, 1.82) is 0 Å². The van der Waals surface area contributed by atoms with Gasteiger partial charge in [0.15, 0.2) is 0 Å². The topological polar surface area (TPSA) is 63.7 Å². The minimum absolute atomic E-state index is 0.00271. The quantitative estimate of drug-likeness (QED) is 0.415. The summed E-state index contributed by atoms with van der Waals surface area (Å²) in [5.74, 6) is -0.335. The van der Waals surface area contributed by atoms with Crippen LogP contribution in [-0.2, 0) is 10.0 Å². The molecule has 3 aromatic rings. The number of hydrogen-bond donors (Lipinski definition) is 0. The summed E-state index contributed by atoms with van der Waals surface area (Å²) in [6, 6.07) is 18.8. The van der Waals surface area contributed by atoms with Crippen molar-refractivity contribution in [3.63, 3.8) is 0 Å². The Morgan fingerprint density at radius 3 is 2.21 bits per heavy atom. The van der Waals surface area contributed by atoms with Gasteiger partial charge < -0.3 is 4.74 Å². The van der Waals surface area contributed by atoms with E-state index in [2.05, 4.69) is 0 Å². The minimum atomic E-state index is -4.01. The molecule has 0 amide bonds. The molecular formula is C20H15Cl2NO4S. The zero-order valence-electron chi connectivity index (χ0n) is 14.7. The van der Waals surface area contributed by atoms with Crippen LogP contribution in [0.4, 0.5) is 5.69 Å². The first-order valence-corrected chi connectivity index (χ1v) is 10.3. The highest BCUT2D eigenvalue weighted by atomic mass is 35.5. The monoisotopic (exact) mass is 435 g/mol. The zero-order chi connectivity index (χ0) is 20.3. The van der Waals surface area contributed by atoms with Crippen molar-refractivity contribution in [1.82, 2.24) is 0 Å². The molecule has 0 fully saturated rings. The van der Waals surface area contributed by atoms with E-state index in [1.165, 1.54) is 25.2 Å². The lowest BCUT2D eigenvalue weighted by atomic mass is 10.2. The van der Waals surface area contributed by atoms with Crippen LogP contribution >= 0.6 is 23.2 Å². The molecule has 3 aromatic carbocycles. The third-order valence-electron chi connectivity index (χ3n) is 3.95. The van der Waals surface area contributed by atoms with E-state index in [0.717, 1.165) is 4.31 Å². The van der Waals surface area contributed by atoms with Crippen LogP contribution < -0.4 is 9.04 Å². The molecule has 0 atom stereocenters. The predicted octanol–water partition coefficient (Wildman–Crippen LogP) is 5.04. The molecule has 0 radical (unpaired) electrons. The van der Waals surface area contributed by atoms with E-state index in [1.54, 1.807) is 54.6 Å². The number of para-hydroxylation sites is 1. The first-order chi connectivity index (χ1) is 13.3. The number of benzene rings is 3. The predicted molar refractivity (Wildman–Crippen MR) is 110 cm³/mol. The molecule has 0 spiro atoms. The maximum absolute atomic E-state index is 13.0. The van der Waals surface area contributed by atoms with Gasteiger partial charge in [-0.25, -0.2) is 13.2 Å². The average Bonchev–Trinajstić information content (AvgIpc) is 2.69. The molecule has 5 nitrogen and oxygen atoms in total. The Morgan fingerprint density at radius 1 is 0.929 bits per heavy atom. The number of carbonyl (C=O) groups excluding carboxylic acids is 1. The van der Waals surface area contributed by atoms with Crippen molar-refractivity contribution in [2.75, 3.05) is 11.4 Å². The highest BCUT2D eigenvalue weighted by molar-refractivity contribution is 7.93. The van der Waals surface area contributed by atoms with Crippen LogP contribution in [0.2, 0.25) is 10.0 Å². The van der Waals surface area contributed by atoms with Crippen LogP contribution in [0.25, 0.3) is 0 Å². The summed E-state index contributed by atoms with van der Waals surface area (Å²) in [5, 5.41) is 0.482. The number of hydrogen-bond acceptors (Lipinski definition) is 4. The number of esters is 1. The lowest BCUT2D eigenvalue weighted by Gasteiger charge is -2.20. The molecule has 0 unspecified atom stereocenters. The number of anilines is 1. The SMILES string of the molecule is CN(c1ccc(Cl)cc1)S(=O)(=O)c1cc(C(=O)Oc2ccccc2)ccc1Cl. The van der Waals surface area contributed by atoms with Crippen LogP contribution in [0, 0.1) is 0 Å². The molecule has 28 heavy (non-hydrogen) atoms. The zero-order valence-corrected chi connectivity index (χ0v) is 17.0. The van der Waals surface area contributed by atoms with E-state index in [-0.39, 0.29) is 15.5 Å². The van der Waals surface area contributed by atoms with E-state index in [0.29, 0.717) is 16.5 Å². The van der Waals surface area contributed by atoms with E-state index in [9.17, 15) is 13.2 Å². The summed E-state index contributed by atoms with van der Waals surface area (Å²) < 4.78 is 32.4. The smallest absolute Gasteiger partial charge is 0.343 e. The molecule has 144 valence electrons. The third-order valence-corrected chi connectivity index (χ3v) is 6.47. The summed E-state index contributed by atoms with van der Waals surface area (Å²) in [4.78, 5) is 12.2. The fourth-order valence-electron chi connectivity index (χ4n) is 2.42. The Bertz CT molecular complexity index is 1100. The fourth-order valence-corrected chi connectivity index (χ4v) is 4.24. The Hall–Kier alpha value is -2.54. The van der Waals surface area contributed by atoms with Gasteiger partial charge in [-0.3, -0.25) is 4.31 Å². The van der Waals surface area contributed by atoms with Gasteiger partial charge in [0, 0.05) is 12.1 Å². The van der Waals surface area contributed by atoms with Gasteiger partial charge in [0.2, 0.25) is 0 Å². The Kier molecular flexibility index (Phi) is 5.93. The van der Waals surface area contributed by atoms with Crippen molar-refractivity contribution in [3.05, 3.63) is 88.4 Å². The Morgan fingerprint density at radius 2 is 1.57 bits per heavy atom. The molecule has 0 heterocycles. The number of sulfonamides is 1. The van der Waals surface area contributed by atoms with Crippen molar-refractivity contribution in [2.24, 2.45) is 0 Å². The van der Waals surface area contributed by atoms with Gasteiger partial charge in [-0.15, -0.1) is 0 Å². The molecule has 0 aromatic heterocycles. The molecule has 0 saturated carbocycles. The maximum atomic E-state index is 13.0. The van der Waals surface area contributed by atoms with Gasteiger partial charge in [0.05, 0.1) is 16.3 Å². The van der Waals surface area contributed by atoms with Crippen LogP contribution in [0.1, 0.15) is 10.4 Å². The molecule has 0 aliphatic carbocycles. The second kappa shape index (κ2) is 8.22. The standard InChI is InChI=1S/C20H15Cl2NO4S/c1-23(16-10-8-15(21)9-11-16)28(25,26)19-13-14(7-12-18(19)22)20(24)27-17-5-3-2-4-6-17/h2-13H,1H3. The summed E-state index contributed by atoms with van der Waals surface area (Å²) in [7, 11) is -2.62. The highest BCUT2D eigenvalue weighted by Gasteiger charge is 2.26. The number of halogens is 2. The average molecular weight is 436 g/mol. The number of rotatable bonds is 5. The van der Waals surface area contributed by atoms with Crippen molar-refractivity contribution < 1.29 is 17.9 Å².